The minimum Gasteiger partial charge on any atom is -0.481 e. The third-order valence-corrected chi connectivity index (χ3v) is 2.53. The average molecular weight is 156 g/mol. The summed E-state index contributed by atoms with van der Waals surface area (Å²) in [5.74, 6) is 0.511. The summed E-state index contributed by atoms with van der Waals surface area (Å²) in [6, 6.07) is 0. The van der Waals surface area contributed by atoms with E-state index in [-0.39, 0.29) is 5.92 Å². The van der Waals surface area contributed by atoms with Crippen molar-refractivity contribution < 1.29 is 9.90 Å². The van der Waals surface area contributed by atoms with E-state index in [9.17, 15) is 4.79 Å². The number of hydrogen-bond donors (Lipinski definition) is 1. The Morgan fingerprint density at radius 1 is 1.18 bits per heavy atom. The predicted molar refractivity (Wildman–Crippen MR) is 43.3 cm³/mol. The van der Waals surface area contributed by atoms with E-state index < -0.39 is 5.97 Å². The maximum absolute atomic E-state index is 10.6. The van der Waals surface area contributed by atoms with Gasteiger partial charge in [0.05, 0.1) is 5.92 Å². The molecule has 1 aliphatic rings. The SMILES string of the molecule is C[C@H]1CC(C(=O)O)C[C@H](C)C1. The maximum Gasteiger partial charge on any atom is 0.306 e. The molecule has 1 rings (SSSR count). The highest BCUT2D eigenvalue weighted by molar-refractivity contribution is 5.70. The highest BCUT2D eigenvalue weighted by Gasteiger charge is 2.28. The fourth-order valence-corrected chi connectivity index (χ4v) is 2.15. The van der Waals surface area contributed by atoms with Crippen LogP contribution in [0.1, 0.15) is 33.1 Å². The van der Waals surface area contributed by atoms with Gasteiger partial charge in [0.15, 0.2) is 0 Å². The first-order chi connectivity index (χ1) is 5.09. The highest BCUT2D eigenvalue weighted by atomic mass is 16.4. The normalized spacial score (nSPS) is 38.5. The maximum atomic E-state index is 10.6. The van der Waals surface area contributed by atoms with E-state index in [1.807, 2.05) is 0 Å². The zero-order chi connectivity index (χ0) is 8.43. The van der Waals surface area contributed by atoms with Crippen LogP contribution in [0.5, 0.6) is 0 Å². The van der Waals surface area contributed by atoms with Gasteiger partial charge >= 0.3 is 5.97 Å². The molecule has 0 bridgehead atoms. The van der Waals surface area contributed by atoms with E-state index in [2.05, 4.69) is 13.8 Å². The molecule has 0 aromatic rings. The molecule has 64 valence electrons. The second kappa shape index (κ2) is 3.24. The van der Waals surface area contributed by atoms with Gasteiger partial charge in [-0.1, -0.05) is 13.8 Å². The zero-order valence-electron chi connectivity index (χ0n) is 7.21. The van der Waals surface area contributed by atoms with Gasteiger partial charge in [0.2, 0.25) is 0 Å². The number of rotatable bonds is 1. The lowest BCUT2D eigenvalue weighted by atomic mass is 9.77. The van der Waals surface area contributed by atoms with Crippen LogP contribution in [-0.4, -0.2) is 11.1 Å². The molecule has 2 heteroatoms. The first-order valence-corrected chi connectivity index (χ1v) is 4.32. The van der Waals surface area contributed by atoms with Crippen molar-refractivity contribution in [1.29, 1.82) is 0 Å². The Balaban J connectivity index is 2.49. The molecule has 2 atom stereocenters. The molecule has 1 fully saturated rings. The van der Waals surface area contributed by atoms with Gasteiger partial charge in [0, 0.05) is 0 Å². The Bertz CT molecular complexity index is 144. The number of hydrogen-bond acceptors (Lipinski definition) is 1. The summed E-state index contributed by atoms with van der Waals surface area (Å²) in [6.07, 6.45) is 2.95. The van der Waals surface area contributed by atoms with Crippen molar-refractivity contribution in [3.8, 4) is 0 Å². The molecule has 1 saturated carbocycles. The Kier molecular flexibility index (Phi) is 2.53. The first-order valence-electron chi connectivity index (χ1n) is 4.32. The number of aliphatic carboxylic acids is 1. The molecule has 1 aliphatic carbocycles. The van der Waals surface area contributed by atoms with Gasteiger partial charge in [-0.2, -0.15) is 0 Å². The van der Waals surface area contributed by atoms with Crippen molar-refractivity contribution in [1.82, 2.24) is 0 Å². The van der Waals surface area contributed by atoms with Gasteiger partial charge in [0.25, 0.3) is 0 Å². The number of carbonyl (C=O) groups is 1. The second-order valence-electron chi connectivity index (χ2n) is 3.95. The minimum absolute atomic E-state index is 0.0752. The molecule has 0 aromatic carbocycles. The second-order valence-corrected chi connectivity index (χ2v) is 3.95. The molecular weight excluding hydrogens is 140 g/mol. The molecular formula is C9H16O2. The third-order valence-electron chi connectivity index (χ3n) is 2.53. The summed E-state index contributed by atoms with van der Waals surface area (Å²) in [4.78, 5) is 10.6. The van der Waals surface area contributed by atoms with Gasteiger partial charge in [-0.25, -0.2) is 0 Å². The zero-order valence-corrected chi connectivity index (χ0v) is 7.21. The summed E-state index contributed by atoms with van der Waals surface area (Å²) in [7, 11) is 0. The van der Waals surface area contributed by atoms with Crippen LogP contribution in [0.25, 0.3) is 0 Å². The van der Waals surface area contributed by atoms with Crippen LogP contribution in [0, 0.1) is 17.8 Å². The van der Waals surface area contributed by atoms with Crippen LogP contribution >= 0.6 is 0 Å². The molecule has 0 radical (unpaired) electrons. The molecule has 0 aliphatic heterocycles. The van der Waals surface area contributed by atoms with Crippen molar-refractivity contribution >= 4 is 5.97 Å². The largest absolute Gasteiger partial charge is 0.481 e. The van der Waals surface area contributed by atoms with Crippen LogP contribution in [-0.2, 0) is 4.79 Å². The molecule has 0 saturated heterocycles. The summed E-state index contributed by atoms with van der Waals surface area (Å²) in [5, 5.41) is 8.77. The lowest BCUT2D eigenvalue weighted by Gasteiger charge is -2.28. The van der Waals surface area contributed by atoms with E-state index in [0.717, 1.165) is 12.8 Å². The molecule has 0 amide bonds. The minimum atomic E-state index is -0.608. The predicted octanol–water partition coefficient (Wildman–Crippen LogP) is 2.14. The quantitative estimate of drug-likeness (QED) is 0.631. The molecule has 0 spiro atoms. The first kappa shape index (κ1) is 8.57. The van der Waals surface area contributed by atoms with Gasteiger partial charge in [-0.15, -0.1) is 0 Å². The summed E-state index contributed by atoms with van der Waals surface area (Å²) >= 11 is 0. The Morgan fingerprint density at radius 3 is 2.00 bits per heavy atom. The van der Waals surface area contributed by atoms with E-state index in [4.69, 9.17) is 5.11 Å². The molecule has 2 nitrogen and oxygen atoms in total. The molecule has 1 N–H and O–H groups in total. The standard InChI is InChI=1S/C9H16O2/c1-6-3-7(2)5-8(4-6)9(10)11/h6-8H,3-5H2,1-2H3,(H,10,11)/t6-,7-/m1/s1. The molecule has 0 aromatic heterocycles. The van der Waals surface area contributed by atoms with E-state index in [1.165, 1.54) is 6.42 Å². The van der Waals surface area contributed by atoms with Gasteiger partial charge < -0.3 is 5.11 Å². The fraction of sp³-hybridized carbons (Fsp3) is 0.889. The summed E-state index contributed by atoms with van der Waals surface area (Å²) < 4.78 is 0. The summed E-state index contributed by atoms with van der Waals surface area (Å²) in [5.41, 5.74) is 0. The topological polar surface area (TPSA) is 37.3 Å². The lowest BCUT2D eigenvalue weighted by molar-refractivity contribution is -0.143. The van der Waals surface area contributed by atoms with Crippen LogP contribution in [0.15, 0.2) is 0 Å². The third kappa shape index (κ3) is 2.21. The highest BCUT2D eigenvalue weighted by Crippen LogP contribution is 2.32. The van der Waals surface area contributed by atoms with Gasteiger partial charge in [0.1, 0.15) is 0 Å². The Labute approximate surface area is 67.6 Å². The van der Waals surface area contributed by atoms with Crippen molar-refractivity contribution in [2.75, 3.05) is 0 Å². The number of carboxylic acid groups (broad SMARTS) is 1. The lowest BCUT2D eigenvalue weighted by Crippen LogP contribution is -2.25. The fourth-order valence-electron chi connectivity index (χ4n) is 2.15. The smallest absolute Gasteiger partial charge is 0.306 e. The Hall–Kier alpha value is -0.530. The monoisotopic (exact) mass is 156 g/mol. The van der Waals surface area contributed by atoms with E-state index >= 15 is 0 Å². The van der Waals surface area contributed by atoms with Crippen LogP contribution in [0.2, 0.25) is 0 Å². The van der Waals surface area contributed by atoms with Crippen molar-refractivity contribution in [3.63, 3.8) is 0 Å². The van der Waals surface area contributed by atoms with Crippen LogP contribution in [0.3, 0.4) is 0 Å². The Morgan fingerprint density at radius 2 is 1.64 bits per heavy atom. The molecule has 11 heavy (non-hydrogen) atoms. The van der Waals surface area contributed by atoms with Crippen molar-refractivity contribution in [2.45, 2.75) is 33.1 Å². The summed E-state index contributed by atoms with van der Waals surface area (Å²) in [6.45, 7) is 4.29. The van der Waals surface area contributed by atoms with Crippen molar-refractivity contribution in [2.24, 2.45) is 17.8 Å². The van der Waals surface area contributed by atoms with Crippen LogP contribution in [0.4, 0.5) is 0 Å². The van der Waals surface area contributed by atoms with Crippen LogP contribution < -0.4 is 0 Å². The number of carboxylic acids is 1. The van der Waals surface area contributed by atoms with E-state index in [1.54, 1.807) is 0 Å². The van der Waals surface area contributed by atoms with E-state index in [0.29, 0.717) is 11.8 Å². The molecule has 0 unspecified atom stereocenters. The van der Waals surface area contributed by atoms with Gasteiger partial charge in [-0.3, -0.25) is 4.79 Å². The molecule has 0 heterocycles. The van der Waals surface area contributed by atoms with Gasteiger partial charge in [-0.05, 0) is 31.1 Å². The van der Waals surface area contributed by atoms with Crippen molar-refractivity contribution in [3.05, 3.63) is 0 Å². The average Bonchev–Trinajstić information content (AvgIpc) is 1.85.